The first-order chi connectivity index (χ1) is 7.58. The maximum atomic E-state index is 13.1. The summed E-state index contributed by atoms with van der Waals surface area (Å²) in [5.74, 6) is 0.629. The van der Waals surface area contributed by atoms with Gasteiger partial charge < -0.3 is 14.6 Å². The Labute approximate surface area is 94.8 Å². The molecule has 16 heavy (non-hydrogen) atoms. The quantitative estimate of drug-likeness (QED) is 0.840. The molecule has 0 atom stereocenters. The summed E-state index contributed by atoms with van der Waals surface area (Å²) in [5.41, 5.74) is 0.400. The van der Waals surface area contributed by atoms with E-state index in [0.29, 0.717) is 29.6 Å². The number of benzene rings is 1. The molecule has 1 aromatic carbocycles. The van der Waals surface area contributed by atoms with E-state index < -0.39 is 5.82 Å². The fraction of sp³-hybridized carbons (Fsp3) is 0.500. The van der Waals surface area contributed by atoms with E-state index in [9.17, 15) is 4.39 Å². The Bertz CT molecular complexity index is 325. The van der Waals surface area contributed by atoms with Gasteiger partial charge in [0.25, 0.3) is 0 Å². The van der Waals surface area contributed by atoms with Gasteiger partial charge in [0.2, 0.25) is 0 Å². The molecule has 0 saturated heterocycles. The van der Waals surface area contributed by atoms with Gasteiger partial charge in [0.1, 0.15) is 5.82 Å². The van der Waals surface area contributed by atoms with E-state index in [1.807, 2.05) is 13.8 Å². The van der Waals surface area contributed by atoms with Gasteiger partial charge in [-0.1, -0.05) is 13.8 Å². The number of hydrogen-bond donors (Lipinski definition) is 1. The number of ether oxygens (including phenoxy) is 2. The number of rotatable bonds is 5. The van der Waals surface area contributed by atoms with E-state index in [2.05, 4.69) is 0 Å². The van der Waals surface area contributed by atoms with Crippen LogP contribution in [0.25, 0.3) is 0 Å². The normalized spacial score (nSPS) is 10.6. The molecule has 1 N–H and O–H groups in total. The SMILES string of the molecule is COc1cc(F)cc(CO)c1OCC(C)C. The third-order valence-electron chi connectivity index (χ3n) is 2.05. The van der Waals surface area contributed by atoms with Crippen LogP contribution < -0.4 is 9.47 Å². The van der Waals surface area contributed by atoms with Gasteiger partial charge in [-0.3, -0.25) is 0 Å². The van der Waals surface area contributed by atoms with E-state index in [1.54, 1.807) is 0 Å². The molecule has 0 aliphatic heterocycles. The zero-order valence-corrected chi connectivity index (χ0v) is 9.79. The van der Waals surface area contributed by atoms with E-state index in [-0.39, 0.29) is 6.61 Å². The van der Waals surface area contributed by atoms with Crippen LogP contribution in [0.3, 0.4) is 0 Å². The smallest absolute Gasteiger partial charge is 0.166 e. The summed E-state index contributed by atoms with van der Waals surface area (Å²) in [7, 11) is 1.44. The van der Waals surface area contributed by atoms with Crippen molar-refractivity contribution in [3.8, 4) is 11.5 Å². The van der Waals surface area contributed by atoms with E-state index in [0.717, 1.165) is 0 Å². The summed E-state index contributed by atoms with van der Waals surface area (Å²) in [6.07, 6.45) is 0. The van der Waals surface area contributed by atoms with Gasteiger partial charge in [-0.25, -0.2) is 4.39 Å². The fourth-order valence-corrected chi connectivity index (χ4v) is 1.31. The monoisotopic (exact) mass is 228 g/mol. The average Bonchev–Trinajstić information content (AvgIpc) is 2.25. The highest BCUT2D eigenvalue weighted by atomic mass is 19.1. The van der Waals surface area contributed by atoms with Gasteiger partial charge in [0, 0.05) is 11.6 Å². The van der Waals surface area contributed by atoms with Crippen molar-refractivity contribution >= 4 is 0 Å². The second-order valence-corrected chi connectivity index (χ2v) is 3.96. The Morgan fingerprint density at radius 2 is 2.06 bits per heavy atom. The molecule has 0 unspecified atom stereocenters. The van der Waals surface area contributed by atoms with Crippen molar-refractivity contribution in [2.45, 2.75) is 20.5 Å². The summed E-state index contributed by atoms with van der Waals surface area (Å²) in [6.45, 7) is 4.24. The Morgan fingerprint density at radius 1 is 1.38 bits per heavy atom. The minimum atomic E-state index is -0.446. The number of halogens is 1. The molecule has 3 nitrogen and oxygen atoms in total. The van der Waals surface area contributed by atoms with E-state index in [1.165, 1.54) is 19.2 Å². The molecule has 4 heteroatoms. The molecular weight excluding hydrogens is 211 g/mol. The third-order valence-corrected chi connectivity index (χ3v) is 2.05. The topological polar surface area (TPSA) is 38.7 Å². The van der Waals surface area contributed by atoms with Crippen molar-refractivity contribution in [1.82, 2.24) is 0 Å². The number of aliphatic hydroxyl groups excluding tert-OH is 1. The predicted octanol–water partition coefficient (Wildman–Crippen LogP) is 2.36. The van der Waals surface area contributed by atoms with Crippen molar-refractivity contribution in [2.24, 2.45) is 5.92 Å². The van der Waals surface area contributed by atoms with Gasteiger partial charge in [-0.2, -0.15) is 0 Å². The highest BCUT2D eigenvalue weighted by Crippen LogP contribution is 2.32. The van der Waals surface area contributed by atoms with Crippen LogP contribution in [0.2, 0.25) is 0 Å². The molecule has 1 aromatic rings. The van der Waals surface area contributed by atoms with Crippen LogP contribution in [-0.2, 0) is 6.61 Å². The van der Waals surface area contributed by atoms with Gasteiger partial charge in [-0.15, -0.1) is 0 Å². The fourth-order valence-electron chi connectivity index (χ4n) is 1.31. The second-order valence-electron chi connectivity index (χ2n) is 3.96. The molecule has 0 aliphatic carbocycles. The van der Waals surface area contributed by atoms with E-state index in [4.69, 9.17) is 14.6 Å². The van der Waals surface area contributed by atoms with Gasteiger partial charge in [0.15, 0.2) is 11.5 Å². The molecule has 0 heterocycles. The maximum absolute atomic E-state index is 13.1. The van der Waals surface area contributed by atoms with Gasteiger partial charge in [0.05, 0.1) is 20.3 Å². The second kappa shape index (κ2) is 5.70. The minimum absolute atomic E-state index is 0.276. The molecule has 0 radical (unpaired) electrons. The first-order valence-corrected chi connectivity index (χ1v) is 5.18. The lowest BCUT2D eigenvalue weighted by molar-refractivity contribution is 0.235. The Hall–Kier alpha value is -1.29. The van der Waals surface area contributed by atoms with E-state index >= 15 is 0 Å². The van der Waals surface area contributed by atoms with Crippen LogP contribution in [0.1, 0.15) is 19.4 Å². The summed E-state index contributed by atoms with van der Waals surface area (Å²) in [4.78, 5) is 0. The predicted molar refractivity (Wildman–Crippen MR) is 59.2 cm³/mol. The van der Waals surface area contributed by atoms with Crippen molar-refractivity contribution < 1.29 is 19.0 Å². The summed E-state index contributed by atoms with van der Waals surface area (Å²) < 4.78 is 23.7. The van der Waals surface area contributed by atoms with Crippen molar-refractivity contribution in [1.29, 1.82) is 0 Å². The van der Waals surface area contributed by atoms with Crippen LogP contribution in [-0.4, -0.2) is 18.8 Å². The summed E-state index contributed by atoms with van der Waals surface area (Å²) >= 11 is 0. The molecule has 1 rings (SSSR count). The first kappa shape index (κ1) is 12.8. The van der Waals surface area contributed by atoms with Crippen LogP contribution in [0.5, 0.6) is 11.5 Å². The molecule has 0 amide bonds. The third kappa shape index (κ3) is 3.10. The lowest BCUT2D eigenvalue weighted by Crippen LogP contribution is -2.08. The molecule has 0 saturated carbocycles. The molecule has 0 fully saturated rings. The highest BCUT2D eigenvalue weighted by molar-refractivity contribution is 5.46. The number of aliphatic hydroxyl groups is 1. The Kier molecular flexibility index (Phi) is 4.55. The number of methoxy groups -OCH3 is 1. The average molecular weight is 228 g/mol. The van der Waals surface area contributed by atoms with Crippen LogP contribution >= 0.6 is 0 Å². The van der Waals surface area contributed by atoms with Crippen molar-refractivity contribution in [2.75, 3.05) is 13.7 Å². The Balaban J connectivity index is 3.02. The van der Waals surface area contributed by atoms with Gasteiger partial charge in [-0.05, 0) is 12.0 Å². The van der Waals surface area contributed by atoms with Gasteiger partial charge >= 0.3 is 0 Å². The maximum Gasteiger partial charge on any atom is 0.166 e. The standard InChI is InChI=1S/C12H17FO3/c1-8(2)7-16-12-9(6-14)4-10(13)5-11(12)15-3/h4-5,8,14H,6-7H2,1-3H3. The summed E-state index contributed by atoms with van der Waals surface area (Å²) in [5, 5.41) is 9.13. The van der Waals surface area contributed by atoms with Crippen LogP contribution in [0, 0.1) is 11.7 Å². The summed E-state index contributed by atoms with van der Waals surface area (Å²) in [6, 6.07) is 2.49. The minimum Gasteiger partial charge on any atom is -0.493 e. The molecule has 0 spiro atoms. The first-order valence-electron chi connectivity index (χ1n) is 5.18. The largest absolute Gasteiger partial charge is 0.493 e. The van der Waals surface area contributed by atoms with Crippen molar-refractivity contribution in [3.63, 3.8) is 0 Å². The molecular formula is C12H17FO3. The van der Waals surface area contributed by atoms with Crippen molar-refractivity contribution in [3.05, 3.63) is 23.5 Å². The number of hydrogen-bond acceptors (Lipinski definition) is 3. The van der Waals surface area contributed by atoms with Crippen LogP contribution in [0.15, 0.2) is 12.1 Å². The van der Waals surface area contributed by atoms with Crippen LogP contribution in [0.4, 0.5) is 4.39 Å². The molecule has 0 bridgehead atoms. The highest BCUT2D eigenvalue weighted by Gasteiger charge is 2.13. The lowest BCUT2D eigenvalue weighted by atomic mass is 10.2. The molecule has 90 valence electrons. The zero-order chi connectivity index (χ0) is 12.1. The molecule has 0 aliphatic rings. The lowest BCUT2D eigenvalue weighted by Gasteiger charge is -2.15. The molecule has 0 aromatic heterocycles. The Morgan fingerprint density at radius 3 is 2.56 bits per heavy atom. The zero-order valence-electron chi connectivity index (χ0n) is 9.79.